The summed E-state index contributed by atoms with van der Waals surface area (Å²) in [5, 5.41) is 21.4. The van der Waals surface area contributed by atoms with E-state index < -0.39 is 5.91 Å². The van der Waals surface area contributed by atoms with Crippen molar-refractivity contribution in [3.8, 4) is 0 Å². The van der Waals surface area contributed by atoms with Crippen LogP contribution in [0, 0.1) is 0 Å². The van der Waals surface area contributed by atoms with E-state index in [4.69, 9.17) is 5.21 Å². The lowest BCUT2D eigenvalue weighted by Crippen LogP contribution is -2.28. The molecule has 0 radical (unpaired) electrons. The minimum absolute atomic E-state index is 0.125. The molecule has 0 spiro atoms. The molecule has 3 aromatic rings. The van der Waals surface area contributed by atoms with Gasteiger partial charge in [0.15, 0.2) is 0 Å². The molecule has 3 rings (SSSR count). The van der Waals surface area contributed by atoms with Crippen molar-refractivity contribution in [1.29, 1.82) is 0 Å². The van der Waals surface area contributed by atoms with Gasteiger partial charge in [-0.3, -0.25) is 14.9 Å². The number of hydroxylamine groups is 1. The lowest BCUT2D eigenvalue weighted by molar-refractivity contribution is -0.124. The van der Waals surface area contributed by atoms with Crippen LogP contribution in [-0.4, -0.2) is 40.8 Å². The molecule has 1 heterocycles. The van der Waals surface area contributed by atoms with E-state index in [0.29, 0.717) is 6.54 Å². The highest BCUT2D eigenvalue weighted by Crippen LogP contribution is 2.25. The third-order valence-corrected chi connectivity index (χ3v) is 5.60. The van der Waals surface area contributed by atoms with Crippen molar-refractivity contribution in [2.24, 2.45) is 0 Å². The van der Waals surface area contributed by atoms with Crippen LogP contribution >= 0.6 is 11.3 Å². The number of hydrogen-bond donors (Lipinski definition) is 3. The van der Waals surface area contributed by atoms with Gasteiger partial charge in [0, 0.05) is 30.4 Å². The molecule has 0 atom stereocenters. The van der Waals surface area contributed by atoms with Crippen molar-refractivity contribution in [2.75, 3.05) is 19.7 Å². The molecule has 0 saturated heterocycles. The second kappa shape index (κ2) is 10.1. The van der Waals surface area contributed by atoms with E-state index in [-0.39, 0.29) is 6.61 Å². The lowest BCUT2D eigenvalue weighted by Gasteiger charge is -2.21. The number of fused-ring (bicyclic) bond motifs is 1. The molecule has 1 aromatic heterocycles. The Morgan fingerprint density at radius 2 is 1.93 bits per heavy atom. The standard InChI is InChI=1S/C22H24N2O3S/c25-14-13-24(12-10-19-2-1-3-20-11-15-28-22(19)20)16-18-6-4-17(5-7-18)8-9-21(26)23-27/h1-9,11,15,25,27H,10,12-14,16H2,(H,23,26)/b9-8+. The maximum Gasteiger partial charge on any atom is 0.267 e. The second-order valence-electron chi connectivity index (χ2n) is 6.56. The molecule has 0 unspecified atom stereocenters. The van der Waals surface area contributed by atoms with E-state index in [1.807, 2.05) is 24.3 Å². The Morgan fingerprint density at radius 1 is 1.11 bits per heavy atom. The normalized spacial score (nSPS) is 11.5. The van der Waals surface area contributed by atoms with E-state index in [9.17, 15) is 9.90 Å². The topological polar surface area (TPSA) is 72.8 Å². The van der Waals surface area contributed by atoms with E-state index in [1.54, 1.807) is 22.9 Å². The molecule has 0 aliphatic carbocycles. The predicted octanol–water partition coefficient (Wildman–Crippen LogP) is 3.46. The van der Waals surface area contributed by atoms with Gasteiger partial charge in [-0.25, -0.2) is 5.48 Å². The molecule has 6 heteroatoms. The summed E-state index contributed by atoms with van der Waals surface area (Å²) in [7, 11) is 0. The number of thiophene rings is 1. The van der Waals surface area contributed by atoms with Crippen LogP contribution in [0.3, 0.4) is 0 Å². The number of aliphatic hydroxyl groups is 1. The summed E-state index contributed by atoms with van der Waals surface area (Å²) in [5.41, 5.74) is 4.94. The summed E-state index contributed by atoms with van der Waals surface area (Å²) in [6.45, 7) is 2.37. The average Bonchev–Trinajstić information content (AvgIpc) is 3.21. The zero-order chi connectivity index (χ0) is 19.8. The van der Waals surface area contributed by atoms with Crippen LogP contribution in [0.5, 0.6) is 0 Å². The third kappa shape index (κ3) is 5.50. The number of hydrogen-bond acceptors (Lipinski definition) is 5. The highest BCUT2D eigenvalue weighted by Gasteiger charge is 2.08. The monoisotopic (exact) mass is 396 g/mol. The molecule has 28 heavy (non-hydrogen) atoms. The van der Waals surface area contributed by atoms with Crippen molar-refractivity contribution in [2.45, 2.75) is 13.0 Å². The van der Waals surface area contributed by atoms with Gasteiger partial charge < -0.3 is 5.11 Å². The number of nitrogens with zero attached hydrogens (tertiary/aromatic N) is 1. The van der Waals surface area contributed by atoms with Crippen molar-refractivity contribution in [1.82, 2.24) is 10.4 Å². The minimum atomic E-state index is -0.557. The first-order valence-electron chi connectivity index (χ1n) is 9.19. The van der Waals surface area contributed by atoms with Gasteiger partial charge in [-0.15, -0.1) is 11.3 Å². The highest BCUT2D eigenvalue weighted by atomic mass is 32.1. The van der Waals surface area contributed by atoms with Crippen LogP contribution in [0.4, 0.5) is 0 Å². The van der Waals surface area contributed by atoms with Crippen molar-refractivity contribution in [3.05, 3.63) is 76.7 Å². The Kier molecular flexibility index (Phi) is 7.33. The van der Waals surface area contributed by atoms with Crippen LogP contribution in [0.1, 0.15) is 16.7 Å². The fourth-order valence-electron chi connectivity index (χ4n) is 3.14. The largest absolute Gasteiger partial charge is 0.395 e. The lowest BCUT2D eigenvalue weighted by atomic mass is 10.1. The molecule has 3 N–H and O–H groups in total. The van der Waals surface area contributed by atoms with Gasteiger partial charge in [-0.2, -0.15) is 0 Å². The molecule has 2 aromatic carbocycles. The molecular weight excluding hydrogens is 372 g/mol. The third-order valence-electron chi connectivity index (χ3n) is 4.60. The molecule has 0 aliphatic heterocycles. The number of rotatable bonds is 9. The van der Waals surface area contributed by atoms with Gasteiger partial charge in [-0.05, 0) is 46.0 Å². The van der Waals surface area contributed by atoms with Crippen LogP contribution in [0.2, 0.25) is 0 Å². The van der Waals surface area contributed by atoms with Gasteiger partial charge in [-0.1, -0.05) is 42.5 Å². The van der Waals surface area contributed by atoms with Gasteiger partial charge in [0.25, 0.3) is 5.91 Å². The minimum Gasteiger partial charge on any atom is -0.395 e. The summed E-state index contributed by atoms with van der Waals surface area (Å²) in [6.07, 6.45) is 3.86. The van der Waals surface area contributed by atoms with E-state index in [2.05, 4.69) is 34.5 Å². The van der Waals surface area contributed by atoms with E-state index >= 15 is 0 Å². The SMILES string of the molecule is O=C(/C=C/c1ccc(CN(CCO)CCc2cccc3ccsc23)cc1)NO. The highest BCUT2D eigenvalue weighted by molar-refractivity contribution is 7.17. The summed E-state index contributed by atoms with van der Waals surface area (Å²) in [4.78, 5) is 13.3. The molecule has 146 valence electrons. The van der Waals surface area contributed by atoms with E-state index in [0.717, 1.165) is 30.6 Å². The van der Waals surface area contributed by atoms with Crippen molar-refractivity contribution in [3.63, 3.8) is 0 Å². The Balaban J connectivity index is 1.62. The number of amides is 1. The Morgan fingerprint density at radius 3 is 2.68 bits per heavy atom. The predicted molar refractivity (Wildman–Crippen MR) is 113 cm³/mol. The first-order valence-corrected chi connectivity index (χ1v) is 10.1. The number of carbonyl (C=O) groups excluding carboxylic acids is 1. The maximum atomic E-state index is 11.0. The van der Waals surface area contributed by atoms with Crippen molar-refractivity contribution < 1.29 is 15.1 Å². The number of carbonyl (C=O) groups is 1. The number of nitrogens with one attached hydrogen (secondary N) is 1. The van der Waals surface area contributed by atoms with E-state index in [1.165, 1.54) is 21.7 Å². The zero-order valence-corrected chi connectivity index (χ0v) is 16.4. The van der Waals surface area contributed by atoms with Crippen LogP contribution < -0.4 is 5.48 Å². The number of benzene rings is 2. The molecule has 0 fully saturated rings. The van der Waals surface area contributed by atoms with Gasteiger partial charge in [0.2, 0.25) is 0 Å². The summed E-state index contributed by atoms with van der Waals surface area (Å²) in [5.74, 6) is -0.557. The summed E-state index contributed by atoms with van der Waals surface area (Å²) < 4.78 is 1.34. The zero-order valence-electron chi connectivity index (χ0n) is 15.5. The average molecular weight is 397 g/mol. The Labute approximate surface area is 168 Å². The first-order chi connectivity index (χ1) is 13.7. The molecule has 5 nitrogen and oxygen atoms in total. The molecule has 0 bridgehead atoms. The van der Waals surface area contributed by atoms with Gasteiger partial charge in [0.05, 0.1) is 6.61 Å². The second-order valence-corrected chi connectivity index (χ2v) is 7.47. The van der Waals surface area contributed by atoms with Gasteiger partial charge >= 0.3 is 0 Å². The first kappa shape index (κ1) is 20.2. The van der Waals surface area contributed by atoms with Crippen LogP contribution in [0.15, 0.2) is 60.0 Å². The molecule has 1 amide bonds. The Bertz CT molecular complexity index is 934. The number of aliphatic hydroxyl groups excluding tert-OH is 1. The summed E-state index contributed by atoms with van der Waals surface area (Å²) >= 11 is 1.77. The quantitative estimate of drug-likeness (QED) is 0.294. The van der Waals surface area contributed by atoms with Crippen LogP contribution in [-0.2, 0) is 17.8 Å². The van der Waals surface area contributed by atoms with Crippen LogP contribution in [0.25, 0.3) is 16.2 Å². The Hall–Kier alpha value is -2.51. The maximum absolute atomic E-state index is 11.0. The molecule has 0 saturated carbocycles. The molecule has 0 aliphatic rings. The fourth-order valence-corrected chi connectivity index (χ4v) is 4.09. The smallest absolute Gasteiger partial charge is 0.267 e. The van der Waals surface area contributed by atoms with Crippen molar-refractivity contribution >= 4 is 33.4 Å². The van der Waals surface area contributed by atoms with Gasteiger partial charge in [0.1, 0.15) is 0 Å². The fraction of sp³-hybridized carbons (Fsp3) is 0.227. The molecular formula is C22H24N2O3S. The summed E-state index contributed by atoms with van der Waals surface area (Å²) in [6, 6.07) is 16.5.